The van der Waals surface area contributed by atoms with Crippen molar-refractivity contribution in [2.75, 3.05) is 0 Å². The first-order chi connectivity index (χ1) is 13.5. The van der Waals surface area contributed by atoms with Crippen molar-refractivity contribution in [2.24, 2.45) is 0 Å². The zero-order valence-electron chi connectivity index (χ0n) is 15.0. The summed E-state index contributed by atoms with van der Waals surface area (Å²) in [7, 11) is 0. The highest BCUT2D eigenvalue weighted by Crippen LogP contribution is 2.37. The molecule has 0 amide bonds. The number of ketones is 1. The molecule has 4 rings (SSSR count). The Hall–Kier alpha value is -3.11. The van der Waals surface area contributed by atoms with Gasteiger partial charge in [-0.15, -0.1) is 0 Å². The van der Waals surface area contributed by atoms with E-state index in [1.54, 1.807) is 42.5 Å². The number of aryl methyl sites for hydroxylation is 1. The molecule has 1 aliphatic heterocycles. The minimum atomic E-state index is -0.369. The number of benzene rings is 3. The molecule has 5 heteroatoms. The van der Waals surface area contributed by atoms with Crippen LogP contribution in [0.25, 0.3) is 6.08 Å². The summed E-state index contributed by atoms with van der Waals surface area (Å²) in [6, 6.07) is 16.9. The molecule has 0 radical (unpaired) electrons. The van der Waals surface area contributed by atoms with E-state index in [-0.39, 0.29) is 17.4 Å². The fourth-order valence-corrected chi connectivity index (χ4v) is 3.18. The highest BCUT2D eigenvalue weighted by Gasteiger charge is 2.30. The highest BCUT2D eigenvalue weighted by atomic mass is 35.5. The van der Waals surface area contributed by atoms with E-state index in [2.05, 4.69) is 0 Å². The van der Waals surface area contributed by atoms with Crippen LogP contribution in [0.15, 0.2) is 66.4 Å². The number of fused-ring (bicyclic) bond motifs is 1. The Morgan fingerprint density at radius 3 is 2.64 bits per heavy atom. The van der Waals surface area contributed by atoms with Crippen molar-refractivity contribution in [3.8, 4) is 11.5 Å². The standard InChI is InChI=1S/C23H16ClFO3/c1-14-9-19(27-13-15-5-7-17(24)8-6-15)12-20-22(14)23(26)21(28-20)11-16-3-2-4-18(25)10-16/h2-12H,13H2,1H3/b21-11-. The first-order valence-corrected chi connectivity index (χ1v) is 9.09. The predicted octanol–water partition coefficient (Wildman–Crippen LogP) is 5.98. The van der Waals surface area contributed by atoms with E-state index in [0.717, 1.165) is 11.1 Å². The van der Waals surface area contributed by atoms with Crippen LogP contribution in [0.2, 0.25) is 5.02 Å². The van der Waals surface area contributed by atoms with Crippen molar-refractivity contribution >= 4 is 23.5 Å². The molecular weight excluding hydrogens is 379 g/mol. The van der Waals surface area contributed by atoms with E-state index in [1.807, 2.05) is 19.1 Å². The maximum atomic E-state index is 13.4. The zero-order valence-corrected chi connectivity index (χ0v) is 15.8. The van der Waals surface area contributed by atoms with Crippen LogP contribution in [0.3, 0.4) is 0 Å². The molecule has 3 aromatic rings. The molecule has 0 atom stereocenters. The van der Waals surface area contributed by atoms with Gasteiger partial charge in [0, 0.05) is 11.1 Å². The number of allylic oxidation sites excluding steroid dienone is 1. The van der Waals surface area contributed by atoms with Gasteiger partial charge in [-0.25, -0.2) is 4.39 Å². The Morgan fingerprint density at radius 1 is 1.11 bits per heavy atom. The third-order valence-corrected chi connectivity index (χ3v) is 4.66. The Labute approximate surface area is 167 Å². The first kappa shape index (κ1) is 18.3. The topological polar surface area (TPSA) is 35.5 Å². The Morgan fingerprint density at radius 2 is 1.89 bits per heavy atom. The van der Waals surface area contributed by atoms with E-state index in [4.69, 9.17) is 21.1 Å². The molecule has 0 bridgehead atoms. The fraction of sp³-hybridized carbons (Fsp3) is 0.0870. The van der Waals surface area contributed by atoms with E-state index in [0.29, 0.717) is 34.3 Å². The van der Waals surface area contributed by atoms with Gasteiger partial charge < -0.3 is 9.47 Å². The zero-order chi connectivity index (χ0) is 19.7. The summed E-state index contributed by atoms with van der Waals surface area (Å²) in [5.41, 5.74) is 2.80. The summed E-state index contributed by atoms with van der Waals surface area (Å²) < 4.78 is 25.0. The van der Waals surface area contributed by atoms with Crippen molar-refractivity contribution in [1.82, 2.24) is 0 Å². The number of hydrogen-bond donors (Lipinski definition) is 0. The maximum absolute atomic E-state index is 13.4. The maximum Gasteiger partial charge on any atom is 0.232 e. The quantitative estimate of drug-likeness (QED) is 0.510. The van der Waals surface area contributed by atoms with Gasteiger partial charge in [0.2, 0.25) is 5.78 Å². The van der Waals surface area contributed by atoms with Gasteiger partial charge in [0.25, 0.3) is 0 Å². The Balaban J connectivity index is 1.56. The van der Waals surface area contributed by atoms with Crippen molar-refractivity contribution in [2.45, 2.75) is 13.5 Å². The number of carbonyl (C=O) groups is 1. The molecule has 140 valence electrons. The number of hydrogen-bond acceptors (Lipinski definition) is 3. The van der Waals surface area contributed by atoms with Gasteiger partial charge in [0.15, 0.2) is 5.76 Å². The first-order valence-electron chi connectivity index (χ1n) is 8.71. The lowest BCUT2D eigenvalue weighted by molar-refractivity contribution is 0.101. The van der Waals surface area contributed by atoms with Crippen LogP contribution in [0.4, 0.5) is 4.39 Å². The summed E-state index contributed by atoms with van der Waals surface area (Å²) in [6.07, 6.45) is 1.54. The van der Waals surface area contributed by atoms with Gasteiger partial charge in [-0.1, -0.05) is 35.9 Å². The number of carbonyl (C=O) groups excluding carboxylic acids is 1. The summed E-state index contributed by atoms with van der Waals surface area (Å²) in [6.45, 7) is 2.20. The smallest absolute Gasteiger partial charge is 0.232 e. The number of halogens is 2. The van der Waals surface area contributed by atoms with E-state index < -0.39 is 0 Å². The molecule has 0 N–H and O–H groups in total. The molecule has 0 aliphatic carbocycles. The molecule has 0 fully saturated rings. The van der Waals surface area contributed by atoms with Gasteiger partial charge in [-0.05, 0) is 60.0 Å². The molecule has 0 saturated heterocycles. The van der Waals surface area contributed by atoms with Gasteiger partial charge >= 0.3 is 0 Å². The second-order valence-electron chi connectivity index (χ2n) is 6.52. The fourth-order valence-electron chi connectivity index (χ4n) is 3.06. The van der Waals surface area contributed by atoms with Crippen LogP contribution in [-0.4, -0.2) is 5.78 Å². The third-order valence-electron chi connectivity index (χ3n) is 4.41. The molecule has 3 aromatic carbocycles. The van der Waals surface area contributed by atoms with Crippen LogP contribution < -0.4 is 9.47 Å². The molecule has 0 saturated carbocycles. The lowest BCUT2D eigenvalue weighted by Gasteiger charge is -2.09. The molecule has 28 heavy (non-hydrogen) atoms. The number of ether oxygens (including phenoxy) is 2. The molecule has 0 unspecified atom stereocenters. The molecule has 3 nitrogen and oxygen atoms in total. The van der Waals surface area contributed by atoms with E-state index in [9.17, 15) is 9.18 Å². The monoisotopic (exact) mass is 394 g/mol. The average Bonchev–Trinajstić information content (AvgIpc) is 2.97. The molecule has 0 aromatic heterocycles. The van der Waals surface area contributed by atoms with Gasteiger partial charge in [0.1, 0.15) is 23.9 Å². The average molecular weight is 395 g/mol. The molecule has 0 spiro atoms. The van der Waals surface area contributed by atoms with Crippen LogP contribution in [0, 0.1) is 12.7 Å². The number of rotatable bonds is 4. The minimum Gasteiger partial charge on any atom is -0.489 e. The molecule has 1 heterocycles. The largest absolute Gasteiger partial charge is 0.489 e. The molecule has 1 aliphatic rings. The Kier molecular flexibility index (Phi) is 4.88. The SMILES string of the molecule is Cc1cc(OCc2ccc(Cl)cc2)cc2c1C(=O)/C(=C/c1cccc(F)c1)O2. The second-order valence-corrected chi connectivity index (χ2v) is 6.96. The van der Waals surface area contributed by atoms with Crippen molar-refractivity contribution in [3.05, 3.63) is 99.5 Å². The summed E-state index contributed by atoms with van der Waals surface area (Å²) >= 11 is 5.89. The van der Waals surface area contributed by atoms with E-state index >= 15 is 0 Å². The second kappa shape index (κ2) is 7.49. The lowest BCUT2D eigenvalue weighted by Crippen LogP contribution is -2.00. The Bertz CT molecular complexity index is 1090. The lowest BCUT2D eigenvalue weighted by atomic mass is 10.0. The van der Waals surface area contributed by atoms with Crippen LogP contribution in [0.5, 0.6) is 11.5 Å². The van der Waals surface area contributed by atoms with Crippen molar-refractivity contribution < 1.29 is 18.7 Å². The van der Waals surface area contributed by atoms with Crippen molar-refractivity contribution in [1.29, 1.82) is 0 Å². The van der Waals surface area contributed by atoms with Crippen LogP contribution >= 0.6 is 11.6 Å². The number of Topliss-reactive ketones (excluding diaryl/α,β-unsaturated/α-hetero) is 1. The van der Waals surface area contributed by atoms with Crippen LogP contribution in [-0.2, 0) is 6.61 Å². The summed E-state index contributed by atoms with van der Waals surface area (Å²) in [5, 5.41) is 0.668. The van der Waals surface area contributed by atoms with Crippen molar-refractivity contribution in [3.63, 3.8) is 0 Å². The summed E-state index contributed by atoms with van der Waals surface area (Å²) in [5.74, 6) is 0.621. The minimum absolute atomic E-state index is 0.165. The molecular formula is C23H16ClFO3. The highest BCUT2D eigenvalue weighted by molar-refractivity contribution is 6.30. The summed E-state index contributed by atoms with van der Waals surface area (Å²) in [4.78, 5) is 12.7. The van der Waals surface area contributed by atoms with Gasteiger partial charge in [0.05, 0.1) is 5.56 Å². The van der Waals surface area contributed by atoms with Gasteiger partial charge in [-0.3, -0.25) is 4.79 Å². The van der Waals surface area contributed by atoms with Gasteiger partial charge in [-0.2, -0.15) is 0 Å². The third kappa shape index (κ3) is 3.78. The normalized spacial score (nSPS) is 14.1. The van der Waals surface area contributed by atoms with Crippen LogP contribution in [0.1, 0.15) is 27.0 Å². The predicted molar refractivity (Wildman–Crippen MR) is 106 cm³/mol. The van der Waals surface area contributed by atoms with E-state index in [1.165, 1.54) is 12.1 Å².